The Morgan fingerprint density at radius 2 is 1.37 bits per heavy atom. The zero-order valence-corrected chi connectivity index (χ0v) is 21.5. The summed E-state index contributed by atoms with van der Waals surface area (Å²) in [5.74, 6) is 0. The average molecular weight is 603 g/mol. The van der Waals surface area contributed by atoms with Crippen LogP contribution in [0.15, 0.2) is 57.2 Å². The molecule has 0 aliphatic heterocycles. The minimum atomic E-state index is -3.80. The van der Waals surface area contributed by atoms with Crippen molar-refractivity contribution in [2.24, 2.45) is 0 Å². The van der Waals surface area contributed by atoms with E-state index in [1.54, 1.807) is 25.1 Å². The molecule has 9 heteroatoms. The van der Waals surface area contributed by atoms with Crippen molar-refractivity contribution in [3.05, 3.63) is 53.6 Å². The molecule has 0 saturated carbocycles. The number of alkyl halides is 3. The fraction of sp³-hybridized carbons (Fsp3) is 0.333. The molecule has 0 radical (unpaired) electrons. The van der Waals surface area contributed by atoms with Crippen LogP contribution >= 0.6 is 47.8 Å². The summed E-state index contributed by atoms with van der Waals surface area (Å²) in [5.41, 5.74) is 1.05. The molecular weight excluding hydrogens is 584 g/mol. The van der Waals surface area contributed by atoms with E-state index in [2.05, 4.69) is 47.8 Å². The van der Waals surface area contributed by atoms with Crippen LogP contribution < -0.4 is 0 Å². The lowest BCUT2D eigenvalue weighted by Crippen LogP contribution is -2.19. The first-order valence-electron chi connectivity index (χ1n) is 7.86. The maximum absolute atomic E-state index is 13.0. The van der Waals surface area contributed by atoms with Crippen LogP contribution in [0.1, 0.15) is 31.9 Å². The van der Waals surface area contributed by atoms with Crippen LogP contribution in [0.3, 0.4) is 0 Å². The van der Waals surface area contributed by atoms with E-state index in [-0.39, 0.29) is 20.1 Å². The maximum atomic E-state index is 13.0. The van der Waals surface area contributed by atoms with Gasteiger partial charge in [0.05, 0.1) is 14.7 Å². The van der Waals surface area contributed by atoms with Crippen molar-refractivity contribution in [3.63, 3.8) is 0 Å². The number of hydrogen-bond donors (Lipinski definition) is 0. The predicted octanol–water partition coefficient (Wildman–Crippen LogP) is 5.70. The largest absolute Gasteiger partial charge is 0.239 e. The molecule has 148 valence electrons. The highest BCUT2D eigenvalue weighted by Crippen LogP contribution is 2.44. The molecule has 2 aromatic rings. The van der Waals surface area contributed by atoms with Crippen LogP contribution in [0.2, 0.25) is 0 Å². The van der Waals surface area contributed by atoms with E-state index < -0.39 is 21.1 Å². The van der Waals surface area contributed by atoms with Crippen molar-refractivity contribution >= 4 is 67.5 Å². The molecule has 0 spiro atoms. The third kappa shape index (κ3) is 4.69. The van der Waals surface area contributed by atoms with Gasteiger partial charge >= 0.3 is 0 Å². The lowest BCUT2D eigenvalue weighted by atomic mass is 9.87. The van der Waals surface area contributed by atoms with Gasteiger partial charge in [-0.05, 0) is 102 Å². The summed E-state index contributed by atoms with van der Waals surface area (Å²) in [5, 5.41) is 0. The molecule has 0 unspecified atom stereocenters. The Kier molecular flexibility index (Phi) is 6.45. The number of rotatable bonds is 3. The fourth-order valence-corrected chi connectivity index (χ4v) is 6.42. The summed E-state index contributed by atoms with van der Waals surface area (Å²) < 4.78 is 49.7. The van der Waals surface area contributed by atoms with E-state index in [9.17, 15) is 16.8 Å². The van der Waals surface area contributed by atoms with Gasteiger partial charge in [-0.3, -0.25) is 0 Å². The van der Waals surface area contributed by atoms with Gasteiger partial charge < -0.3 is 0 Å². The molecule has 0 N–H and O–H groups in total. The molecule has 27 heavy (non-hydrogen) atoms. The SMILES string of the molecule is Cc1cc(S(=O)(=O)c2cccc(C(C)(C)C)c2)ccc1S(=O)(=O)C(Br)(Br)Br. The second-order valence-corrected chi connectivity index (χ2v) is 19.5. The van der Waals surface area contributed by atoms with Crippen LogP contribution in [-0.4, -0.2) is 18.3 Å². The quantitative estimate of drug-likeness (QED) is 0.423. The molecule has 2 aromatic carbocycles. The molecule has 2 rings (SSSR count). The summed E-state index contributed by atoms with van der Waals surface area (Å²) >= 11 is 9.06. The Labute approximate surface area is 186 Å². The van der Waals surface area contributed by atoms with E-state index in [1.807, 2.05) is 26.8 Å². The minimum Gasteiger partial charge on any atom is -0.220 e. The van der Waals surface area contributed by atoms with Gasteiger partial charge in [-0.15, -0.1) is 0 Å². The van der Waals surface area contributed by atoms with Crippen LogP contribution in [0, 0.1) is 6.92 Å². The molecule has 4 nitrogen and oxygen atoms in total. The normalized spacial score (nSPS) is 13.6. The summed E-state index contributed by atoms with van der Waals surface area (Å²) in [6.45, 7) is 7.59. The monoisotopic (exact) mass is 600 g/mol. The fourth-order valence-electron chi connectivity index (χ4n) is 2.48. The van der Waals surface area contributed by atoms with E-state index >= 15 is 0 Å². The van der Waals surface area contributed by atoms with Gasteiger partial charge in [0, 0.05) is 0 Å². The zero-order valence-electron chi connectivity index (χ0n) is 15.1. The van der Waals surface area contributed by atoms with Gasteiger partial charge in [0.2, 0.25) is 21.1 Å². The summed E-state index contributed by atoms with van der Waals surface area (Å²) in [7, 11) is -7.58. The van der Waals surface area contributed by atoms with Crippen molar-refractivity contribution in [2.75, 3.05) is 0 Å². The molecule has 0 atom stereocenters. The third-order valence-corrected chi connectivity index (χ3v) is 11.3. The van der Waals surface area contributed by atoms with Crippen molar-refractivity contribution in [1.82, 2.24) is 0 Å². The van der Waals surface area contributed by atoms with Gasteiger partial charge in [-0.25, -0.2) is 16.8 Å². The summed E-state index contributed by atoms with van der Waals surface area (Å²) in [6.07, 6.45) is 0. The maximum Gasteiger partial charge on any atom is 0.239 e. The lowest BCUT2D eigenvalue weighted by molar-refractivity contribution is 0.583. The molecule has 0 aromatic heterocycles. The first kappa shape index (κ1) is 23.1. The van der Waals surface area contributed by atoms with E-state index in [0.717, 1.165) is 5.56 Å². The standard InChI is InChI=1S/C18H19Br3O4S2/c1-12-10-15(8-9-16(12)27(24,25)18(19,20)21)26(22,23)14-7-5-6-13(11-14)17(2,3)4/h5-11H,1-4H3. The molecule has 0 saturated heterocycles. The van der Waals surface area contributed by atoms with Gasteiger partial charge in [-0.1, -0.05) is 32.9 Å². The third-order valence-electron chi connectivity index (χ3n) is 4.06. The lowest BCUT2D eigenvalue weighted by Gasteiger charge is -2.20. The van der Waals surface area contributed by atoms with Crippen LogP contribution in [0.4, 0.5) is 0 Å². The Balaban J connectivity index is 2.58. The van der Waals surface area contributed by atoms with Gasteiger partial charge in [0.25, 0.3) is 0 Å². The molecule has 0 bridgehead atoms. The highest BCUT2D eigenvalue weighted by molar-refractivity contribution is 9.42. The minimum absolute atomic E-state index is 0.0236. The van der Waals surface area contributed by atoms with Crippen LogP contribution in [0.5, 0.6) is 0 Å². The van der Waals surface area contributed by atoms with Crippen molar-refractivity contribution in [1.29, 1.82) is 0 Å². The molecular formula is C18H19Br3O4S2. The molecule has 0 aliphatic carbocycles. The molecule has 0 amide bonds. The molecule has 0 heterocycles. The Bertz CT molecular complexity index is 1080. The zero-order chi connectivity index (χ0) is 20.8. The van der Waals surface area contributed by atoms with Gasteiger partial charge in [0.15, 0.2) is 0 Å². The number of benzene rings is 2. The topological polar surface area (TPSA) is 68.3 Å². The first-order valence-corrected chi connectivity index (χ1v) is 13.2. The first-order chi connectivity index (χ1) is 12.1. The van der Waals surface area contributed by atoms with Gasteiger partial charge in [-0.2, -0.15) is 0 Å². The smallest absolute Gasteiger partial charge is 0.220 e. The highest BCUT2D eigenvalue weighted by Gasteiger charge is 2.38. The summed E-state index contributed by atoms with van der Waals surface area (Å²) in [4.78, 5) is 0.255. The van der Waals surface area contributed by atoms with E-state index in [4.69, 9.17) is 0 Å². The Morgan fingerprint density at radius 1 is 0.815 bits per heavy atom. The van der Waals surface area contributed by atoms with Crippen LogP contribution in [-0.2, 0) is 25.1 Å². The second-order valence-electron chi connectivity index (χ2n) is 7.16. The second kappa shape index (κ2) is 7.55. The van der Waals surface area contributed by atoms with Crippen molar-refractivity contribution in [2.45, 2.75) is 49.3 Å². The Hall–Kier alpha value is -0.220. The van der Waals surface area contributed by atoms with E-state index in [0.29, 0.717) is 5.56 Å². The van der Waals surface area contributed by atoms with Crippen LogP contribution in [0.25, 0.3) is 0 Å². The number of hydrogen-bond acceptors (Lipinski definition) is 4. The van der Waals surface area contributed by atoms with Crippen molar-refractivity contribution in [3.8, 4) is 0 Å². The number of sulfone groups is 2. The average Bonchev–Trinajstić information content (AvgIpc) is 2.52. The van der Waals surface area contributed by atoms with E-state index in [1.165, 1.54) is 18.2 Å². The Morgan fingerprint density at radius 3 is 1.85 bits per heavy atom. The van der Waals surface area contributed by atoms with Gasteiger partial charge in [0.1, 0.15) is 0 Å². The number of aryl methyl sites for hydroxylation is 1. The van der Waals surface area contributed by atoms with Crippen molar-refractivity contribution < 1.29 is 16.8 Å². The number of halogens is 3. The summed E-state index contributed by atoms with van der Waals surface area (Å²) in [6, 6.07) is 10.8. The predicted molar refractivity (Wildman–Crippen MR) is 118 cm³/mol. The highest BCUT2D eigenvalue weighted by atomic mass is 80.0. The molecule has 0 aliphatic rings. The molecule has 0 fully saturated rings.